The average Bonchev–Trinajstić information content (AvgIpc) is 2.49. The number of benzene rings is 2. The first-order chi connectivity index (χ1) is 10.5. The molecule has 2 aromatic carbocycles. The minimum Gasteiger partial charge on any atom is -0.325 e. The molecule has 0 saturated heterocycles. The lowest BCUT2D eigenvalue weighted by atomic mass is 10.1. The minimum absolute atomic E-state index is 0.0151. The predicted molar refractivity (Wildman–Crippen MR) is 96.9 cm³/mol. The van der Waals surface area contributed by atoms with Crippen LogP contribution in [-0.2, 0) is 4.79 Å². The normalized spacial score (nSPS) is 12.0. The Morgan fingerprint density at radius 2 is 1.77 bits per heavy atom. The highest BCUT2D eigenvalue weighted by molar-refractivity contribution is 8.00. The molecule has 0 heterocycles. The fourth-order valence-electron chi connectivity index (χ4n) is 2.28. The molecule has 0 aliphatic carbocycles. The summed E-state index contributed by atoms with van der Waals surface area (Å²) in [4.78, 5) is 12.2. The number of thioether (sulfide) groups is 1. The van der Waals surface area contributed by atoms with Gasteiger partial charge in [-0.05, 0) is 43.5 Å². The van der Waals surface area contributed by atoms with Gasteiger partial charge in [-0.15, -0.1) is 11.8 Å². The molecule has 0 spiro atoms. The molecule has 1 amide bonds. The van der Waals surface area contributed by atoms with Crippen LogP contribution >= 0.6 is 23.4 Å². The zero-order chi connectivity index (χ0) is 16.1. The van der Waals surface area contributed by atoms with Gasteiger partial charge in [0, 0.05) is 16.0 Å². The van der Waals surface area contributed by atoms with Gasteiger partial charge in [-0.3, -0.25) is 4.79 Å². The summed E-state index contributed by atoms with van der Waals surface area (Å²) in [5.41, 5.74) is 4.14. The van der Waals surface area contributed by atoms with E-state index >= 15 is 0 Å². The summed E-state index contributed by atoms with van der Waals surface area (Å²) >= 11 is 7.78. The SMILES string of the molecule is Cc1cccc(C)c1NC(=O)CS[C@@H](C)c1ccccc1Cl. The van der Waals surface area contributed by atoms with E-state index in [1.165, 1.54) is 0 Å². The molecule has 0 aliphatic heterocycles. The predicted octanol–water partition coefficient (Wildman–Crippen LogP) is 5.39. The Labute approximate surface area is 141 Å². The monoisotopic (exact) mass is 333 g/mol. The quantitative estimate of drug-likeness (QED) is 0.794. The highest BCUT2D eigenvalue weighted by atomic mass is 35.5. The number of carbonyl (C=O) groups excluding carboxylic acids is 1. The lowest BCUT2D eigenvalue weighted by Gasteiger charge is -2.14. The van der Waals surface area contributed by atoms with Gasteiger partial charge in [-0.2, -0.15) is 0 Å². The molecule has 22 heavy (non-hydrogen) atoms. The topological polar surface area (TPSA) is 29.1 Å². The lowest BCUT2D eigenvalue weighted by molar-refractivity contribution is -0.113. The van der Waals surface area contributed by atoms with Crippen molar-refractivity contribution in [3.63, 3.8) is 0 Å². The van der Waals surface area contributed by atoms with Crippen molar-refractivity contribution in [3.05, 3.63) is 64.2 Å². The van der Waals surface area contributed by atoms with Crippen LogP contribution in [0.2, 0.25) is 5.02 Å². The van der Waals surface area contributed by atoms with Crippen LogP contribution in [0.25, 0.3) is 0 Å². The van der Waals surface area contributed by atoms with Gasteiger partial charge in [0.1, 0.15) is 0 Å². The molecule has 0 bridgehead atoms. The van der Waals surface area contributed by atoms with Gasteiger partial charge in [0.15, 0.2) is 0 Å². The minimum atomic E-state index is 0.0151. The van der Waals surface area contributed by atoms with Gasteiger partial charge in [0.2, 0.25) is 5.91 Å². The third-order valence-electron chi connectivity index (χ3n) is 3.55. The molecule has 1 atom stereocenters. The molecule has 0 aliphatic rings. The number of halogens is 1. The van der Waals surface area contributed by atoms with Gasteiger partial charge in [0.05, 0.1) is 5.75 Å². The number of rotatable bonds is 5. The number of aryl methyl sites for hydroxylation is 2. The summed E-state index contributed by atoms with van der Waals surface area (Å²) in [5, 5.41) is 3.93. The number of hydrogen-bond acceptors (Lipinski definition) is 2. The van der Waals surface area contributed by atoms with E-state index in [9.17, 15) is 4.79 Å². The molecule has 0 unspecified atom stereocenters. The molecule has 2 nitrogen and oxygen atoms in total. The van der Waals surface area contributed by atoms with E-state index < -0.39 is 0 Å². The molecule has 116 valence electrons. The Kier molecular flexibility index (Phi) is 5.92. The molecular formula is C18H20ClNOS. The van der Waals surface area contributed by atoms with Crippen molar-refractivity contribution in [2.24, 2.45) is 0 Å². The first-order valence-electron chi connectivity index (χ1n) is 7.21. The second kappa shape index (κ2) is 7.70. The van der Waals surface area contributed by atoms with E-state index in [2.05, 4.69) is 12.2 Å². The number of hydrogen-bond donors (Lipinski definition) is 1. The number of amides is 1. The highest BCUT2D eigenvalue weighted by Crippen LogP contribution is 2.33. The van der Waals surface area contributed by atoms with Crippen LogP contribution in [0, 0.1) is 13.8 Å². The fraction of sp³-hybridized carbons (Fsp3) is 0.278. The first kappa shape index (κ1) is 16.9. The van der Waals surface area contributed by atoms with Crippen LogP contribution in [-0.4, -0.2) is 11.7 Å². The largest absolute Gasteiger partial charge is 0.325 e. The standard InChI is InChI=1S/C18H20ClNOS/c1-12-7-6-8-13(2)18(12)20-17(21)11-22-14(3)15-9-4-5-10-16(15)19/h4-10,14H,11H2,1-3H3,(H,20,21)/t14-/m0/s1. The van der Waals surface area contributed by atoms with Crippen LogP contribution in [0.1, 0.15) is 28.9 Å². The van der Waals surface area contributed by atoms with Gasteiger partial charge >= 0.3 is 0 Å². The first-order valence-corrected chi connectivity index (χ1v) is 8.64. The van der Waals surface area contributed by atoms with E-state index in [0.29, 0.717) is 5.75 Å². The van der Waals surface area contributed by atoms with E-state index in [0.717, 1.165) is 27.4 Å². The Balaban J connectivity index is 1.95. The molecule has 0 radical (unpaired) electrons. The van der Waals surface area contributed by atoms with Crippen LogP contribution in [0.3, 0.4) is 0 Å². The second-order valence-electron chi connectivity index (χ2n) is 5.29. The Morgan fingerprint density at radius 1 is 1.14 bits per heavy atom. The summed E-state index contributed by atoms with van der Waals surface area (Å²) < 4.78 is 0. The van der Waals surface area contributed by atoms with Crippen molar-refractivity contribution >= 4 is 35.0 Å². The Bertz CT molecular complexity index is 652. The molecule has 2 rings (SSSR count). The van der Waals surface area contributed by atoms with E-state index in [4.69, 9.17) is 11.6 Å². The smallest absolute Gasteiger partial charge is 0.234 e. The molecule has 0 aromatic heterocycles. The number of para-hydroxylation sites is 1. The summed E-state index contributed by atoms with van der Waals surface area (Å²) in [6.07, 6.45) is 0. The van der Waals surface area contributed by atoms with Crippen LogP contribution < -0.4 is 5.32 Å². The summed E-state index contributed by atoms with van der Waals surface area (Å²) in [6.45, 7) is 6.07. The van der Waals surface area contributed by atoms with E-state index in [-0.39, 0.29) is 11.2 Å². The molecule has 1 N–H and O–H groups in total. The van der Waals surface area contributed by atoms with E-state index in [1.54, 1.807) is 11.8 Å². The van der Waals surface area contributed by atoms with Gasteiger partial charge < -0.3 is 5.32 Å². The van der Waals surface area contributed by atoms with Crippen molar-refractivity contribution in [3.8, 4) is 0 Å². The molecule has 0 saturated carbocycles. The van der Waals surface area contributed by atoms with Crippen molar-refractivity contribution in [2.75, 3.05) is 11.1 Å². The molecule has 0 fully saturated rings. The number of carbonyl (C=O) groups is 1. The second-order valence-corrected chi connectivity index (χ2v) is 7.03. The summed E-state index contributed by atoms with van der Waals surface area (Å²) in [6, 6.07) is 13.8. The summed E-state index contributed by atoms with van der Waals surface area (Å²) in [5.74, 6) is 0.418. The highest BCUT2D eigenvalue weighted by Gasteiger charge is 2.13. The Morgan fingerprint density at radius 3 is 2.41 bits per heavy atom. The zero-order valence-corrected chi connectivity index (χ0v) is 14.6. The number of anilines is 1. The van der Waals surface area contributed by atoms with Crippen molar-refractivity contribution in [2.45, 2.75) is 26.0 Å². The fourth-order valence-corrected chi connectivity index (χ4v) is 3.51. The maximum absolute atomic E-state index is 12.2. The molecular weight excluding hydrogens is 314 g/mol. The zero-order valence-electron chi connectivity index (χ0n) is 13.0. The van der Waals surface area contributed by atoms with Gasteiger partial charge in [0.25, 0.3) is 0 Å². The van der Waals surface area contributed by atoms with Crippen LogP contribution in [0.5, 0.6) is 0 Å². The molecule has 2 aromatic rings. The maximum Gasteiger partial charge on any atom is 0.234 e. The third kappa shape index (κ3) is 4.28. The van der Waals surface area contributed by atoms with Crippen molar-refractivity contribution in [1.29, 1.82) is 0 Å². The lowest BCUT2D eigenvalue weighted by Crippen LogP contribution is -2.16. The van der Waals surface area contributed by atoms with Crippen molar-refractivity contribution < 1.29 is 4.79 Å². The van der Waals surface area contributed by atoms with Crippen LogP contribution in [0.15, 0.2) is 42.5 Å². The maximum atomic E-state index is 12.2. The van der Waals surface area contributed by atoms with Gasteiger partial charge in [-0.25, -0.2) is 0 Å². The Hall–Kier alpha value is -1.45. The number of nitrogens with one attached hydrogen (secondary N) is 1. The van der Waals surface area contributed by atoms with E-state index in [1.807, 2.05) is 56.3 Å². The summed E-state index contributed by atoms with van der Waals surface area (Å²) in [7, 11) is 0. The van der Waals surface area contributed by atoms with Gasteiger partial charge in [-0.1, -0.05) is 48.0 Å². The van der Waals surface area contributed by atoms with Crippen LogP contribution in [0.4, 0.5) is 5.69 Å². The van der Waals surface area contributed by atoms with Crippen molar-refractivity contribution in [1.82, 2.24) is 0 Å². The molecule has 4 heteroatoms. The average molecular weight is 334 g/mol. The third-order valence-corrected chi connectivity index (χ3v) is 5.08.